The van der Waals surface area contributed by atoms with Crippen LogP contribution in [0.2, 0.25) is 0 Å². The van der Waals surface area contributed by atoms with E-state index >= 15 is 0 Å². The van der Waals surface area contributed by atoms with Gasteiger partial charge in [-0.15, -0.1) is 0 Å². The van der Waals surface area contributed by atoms with Crippen LogP contribution >= 0.6 is 11.8 Å². The van der Waals surface area contributed by atoms with Gasteiger partial charge in [-0.3, -0.25) is 0 Å². The van der Waals surface area contributed by atoms with E-state index in [1.165, 1.54) is 11.8 Å². The second kappa shape index (κ2) is 5.39. The number of fused-ring (bicyclic) bond motifs is 1. The van der Waals surface area contributed by atoms with Crippen LogP contribution in [0.25, 0.3) is 22.6 Å². The molecule has 4 aromatic rings. The molecule has 4 heterocycles. The van der Waals surface area contributed by atoms with Gasteiger partial charge in [0.25, 0.3) is 0 Å². The summed E-state index contributed by atoms with van der Waals surface area (Å²) in [5, 5.41) is 9.05. The zero-order valence-corrected chi connectivity index (χ0v) is 12.9. The molecule has 0 aliphatic carbocycles. The molecule has 4 rings (SSSR count). The molecule has 0 amide bonds. The van der Waals surface area contributed by atoms with Gasteiger partial charge in [0.2, 0.25) is 0 Å². The van der Waals surface area contributed by atoms with Gasteiger partial charge in [0.05, 0.1) is 11.7 Å². The molecule has 0 aromatic carbocycles. The molecule has 0 atom stereocenters. The molecule has 0 radical (unpaired) electrons. The summed E-state index contributed by atoms with van der Waals surface area (Å²) in [5.41, 5.74) is 7.92. The quantitative estimate of drug-likeness (QED) is 0.582. The molecule has 23 heavy (non-hydrogen) atoms. The van der Waals surface area contributed by atoms with E-state index in [9.17, 15) is 0 Å². The summed E-state index contributed by atoms with van der Waals surface area (Å²) < 4.78 is 6.68. The van der Waals surface area contributed by atoms with Crippen molar-refractivity contribution in [1.82, 2.24) is 34.8 Å². The normalized spacial score (nSPS) is 11.3. The van der Waals surface area contributed by atoms with Gasteiger partial charge in [-0.05, 0) is 35.1 Å². The Kier molecular flexibility index (Phi) is 3.23. The van der Waals surface area contributed by atoms with Crippen molar-refractivity contribution in [3.63, 3.8) is 0 Å². The van der Waals surface area contributed by atoms with Gasteiger partial charge in [0, 0.05) is 18.9 Å². The first-order valence-electron chi connectivity index (χ1n) is 6.88. The van der Waals surface area contributed by atoms with Crippen LogP contribution in [0.15, 0.2) is 39.5 Å². The molecule has 9 nitrogen and oxygen atoms in total. The average molecular weight is 328 g/mol. The molecule has 0 aliphatic rings. The number of nitrogens with zero attached hydrogens (tertiary/aromatic N) is 6. The van der Waals surface area contributed by atoms with Crippen molar-refractivity contribution in [3.05, 3.63) is 24.7 Å². The summed E-state index contributed by atoms with van der Waals surface area (Å²) in [6.07, 6.45) is 5.20. The zero-order chi connectivity index (χ0) is 15.8. The number of nitrogen functional groups attached to an aromatic ring is 1. The highest BCUT2D eigenvalue weighted by atomic mass is 32.2. The lowest BCUT2D eigenvalue weighted by Gasteiger charge is -2.04. The number of aromatic nitrogens is 7. The summed E-state index contributed by atoms with van der Waals surface area (Å²) in [4.78, 5) is 16.2. The van der Waals surface area contributed by atoms with Gasteiger partial charge in [-0.2, -0.15) is 0 Å². The largest absolute Gasteiger partial charge is 0.379 e. The first-order chi connectivity index (χ1) is 11.3. The molecule has 10 heteroatoms. The third-order valence-electron chi connectivity index (χ3n) is 3.33. The highest BCUT2D eigenvalue weighted by Crippen LogP contribution is 2.29. The second-order valence-electron chi connectivity index (χ2n) is 4.69. The Hall–Kier alpha value is -2.88. The van der Waals surface area contributed by atoms with Gasteiger partial charge in [0.1, 0.15) is 10.5 Å². The third-order valence-corrected chi connectivity index (χ3v) is 4.17. The minimum Gasteiger partial charge on any atom is -0.379 e. The highest BCUT2D eigenvalue weighted by Gasteiger charge is 2.19. The number of pyridine rings is 1. The number of H-pyrrole nitrogens is 1. The predicted octanol–water partition coefficient (Wildman–Crippen LogP) is 1.96. The van der Waals surface area contributed by atoms with Crippen LogP contribution in [0, 0.1) is 0 Å². The predicted molar refractivity (Wildman–Crippen MR) is 83.6 cm³/mol. The molecule has 0 unspecified atom stereocenters. The molecule has 0 saturated heterocycles. The summed E-state index contributed by atoms with van der Waals surface area (Å²) in [7, 11) is 0. The summed E-state index contributed by atoms with van der Waals surface area (Å²) >= 11 is 1.45. The van der Waals surface area contributed by atoms with Gasteiger partial charge in [-0.1, -0.05) is 0 Å². The standard InChI is InChI=1S/C13H12N8OS/c1-2-21-8-5-9(23-13-15-3-4-16-13)17-6-7(8)18-12(21)10-11(14)20-22-19-10/h3-6H,2H2,1H3,(H2,14,20)(H,15,16). The minimum atomic E-state index is 0.216. The fourth-order valence-corrected chi connectivity index (χ4v) is 3.04. The van der Waals surface area contributed by atoms with E-state index in [2.05, 4.69) is 34.9 Å². The van der Waals surface area contributed by atoms with Crippen LogP contribution in [0.5, 0.6) is 0 Å². The number of imidazole rings is 2. The topological polar surface area (TPSA) is 124 Å². The van der Waals surface area contributed by atoms with Crippen molar-refractivity contribution < 1.29 is 4.63 Å². The van der Waals surface area contributed by atoms with Crippen LogP contribution < -0.4 is 5.73 Å². The maximum atomic E-state index is 5.79. The zero-order valence-electron chi connectivity index (χ0n) is 12.1. The van der Waals surface area contributed by atoms with Gasteiger partial charge in [-0.25, -0.2) is 19.6 Å². The molecule has 0 fully saturated rings. The number of aryl methyl sites for hydroxylation is 1. The van der Waals surface area contributed by atoms with Crippen molar-refractivity contribution in [2.45, 2.75) is 23.7 Å². The number of hydrogen-bond donors (Lipinski definition) is 2. The molecule has 116 valence electrons. The summed E-state index contributed by atoms with van der Waals surface area (Å²) in [6.45, 7) is 2.72. The maximum Gasteiger partial charge on any atom is 0.199 e. The van der Waals surface area contributed by atoms with Crippen molar-refractivity contribution in [2.75, 3.05) is 5.73 Å². The van der Waals surface area contributed by atoms with Crippen LogP contribution in [-0.2, 0) is 6.54 Å². The van der Waals surface area contributed by atoms with Crippen molar-refractivity contribution >= 4 is 28.6 Å². The van der Waals surface area contributed by atoms with Crippen molar-refractivity contribution in [2.24, 2.45) is 0 Å². The first kappa shape index (κ1) is 13.8. The monoisotopic (exact) mass is 328 g/mol. The van der Waals surface area contributed by atoms with Crippen molar-refractivity contribution in [1.29, 1.82) is 0 Å². The number of hydrogen-bond acceptors (Lipinski definition) is 8. The number of nitrogens with two attached hydrogens (primary N) is 1. The van der Waals surface area contributed by atoms with E-state index < -0.39 is 0 Å². The van der Waals surface area contributed by atoms with E-state index in [0.29, 0.717) is 18.1 Å². The first-order valence-corrected chi connectivity index (χ1v) is 7.70. The van der Waals surface area contributed by atoms with E-state index in [1.807, 2.05) is 17.6 Å². The third kappa shape index (κ3) is 2.32. The van der Waals surface area contributed by atoms with E-state index in [0.717, 1.165) is 21.2 Å². The van der Waals surface area contributed by atoms with Crippen LogP contribution in [-0.4, -0.2) is 34.8 Å². The summed E-state index contributed by atoms with van der Waals surface area (Å²) in [5.74, 6) is 0.830. The Labute approximate surface area is 134 Å². The molecule has 0 saturated carbocycles. The number of nitrogens with one attached hydrogen (secondary N) is 1. The fraction of sp³-hybridized carbons (Fsp3) is 0.154. The average Bonchev–Trinajstić information content (AvgIpc) is 3.26. The lowest BCUT2D eigenvalue weighted by molar-refractivity contribution is 0.310. The lowest BCUT2D eigenvalue weighted by Crippen LogP contribution is -2.00. The second-order valence-corrected chi connectivity index (χ2v) is 5.69. The Balaban J connectivity index is 1.83. The van der Waals surface area contributed by atoms with Gasteiger partial charge < -0.3 is 15.3 Å². The maximum absolute atomic E-state index is 5.79. The number of rotatable bonds is 4. The fourth-order valence-electron chi connectivity index (χ4n) is 2.32. The lowest BCUT2D eigenvalue weighted by atomic mass is 10.4. The Morgan fingerprint density at radius 3 is 2.96 bits per heavy atom. The molecular formula is C13H12N8OS. The minimum absolute atomic E-state index is 0.216. The van der Waals surface area contributed by atoms with E-state index in [1.54, 1.807) is 18.6 Å². The number of aromatic amines is 1. The van der Waals surface area contributed by atoms with Crippen LogP contribution in [0.1, 0.15) is 6.92 Å². The number of anilines is 1. The molecule has 3 N–H and O–H groups in total. The Morgan fingerprint density at radius 1 is 1.35 bits per heavy atom. The SMILES string of the molecule is CCn1c(-c2nonc2N)nc2cnc(Sc3ncc[nH]3)cc21. The molecule has 0 aliphatic heterocycles. The Morgan fingerprint density at radius 2 is 2.26 bits per heavy atom. The molecule has 0 spiro atoms. The Bertz CT molecular complexity index is 958. The van der Waals surface area contributed by atoms with E-state index in [4.69, 9.17) is 5.73 Å². The molecular weight excluding hydrogens is 316 g/mol. The molecule has 0 bridgehead atoms. The molecule has 4 aromatic heterocycles. The van der Waals surface area contributed by atoms with Gasteiger partial charge in [0.15, 0.2) is 22.5 Å². The smallest absolute Gasteiger partial charge is 0.199 e. The van der Waals surface area contributed by atoms with Crippen molar-refractivity contribution in [3.8, 4) is 11.5 Å². The van der Waals surface area contributed by atoms with Gasteiger partial charge >= 0.3 is 0 Å². The highest BCUT2D eigenvalue weighted by molar-refractivity contribution is 7.99. The van der Waals surface area contributed by atoms with E-state index in [-0.39, 0.29) is 5.82 Å². The van der Waals surface area contributed by atoms with Crippen LogP contribution in [0.4, 0.5) is 5.82 Å². The summed E-state index contributed by atoms with van der Waals surface area (Å²) in [6, 6.07) is 1.96. The van der Waals surface area contributed by atoms with Crippen LogP contribution in [0.3, 0.4) is 0 Å².